The highest BCUT2D eigenvalue weighted by molar-refractivity contribution is 7.92. The third kappa shape index (κ3) is 5.65. The number of hydrogen-bond donors (Lipinski definition) is 1. The topological polar surface area (TPSA) is 64.0 Å². The number of aryl methyl sites for hydroxylation is 3. The molecular formula is C22H25N3O2S. The van der Waals surface area contributed by atoms with Crippen LogP contribution in [0.1, 0.15) is 33.6 Å². The second kappa shape index (κ2) is 8.54. The smallest absolute Gasteiger partial charge is 0.234 e. The number of sulfonamides is 1. The fourth-order valence-electron chi connectivity index (χ4n) is 2.92. The zero-order valence-corrected chi connectivity index (χ0v) is 17.2. The third-order valence-corrected chi connectivity index (χ3v) is 5.46. The summed E-state index contributed by atoms with van der Waals surface area (Å²) in [4.78, 5) is 0. The average molecular weight is 396 g/mol. The van der Waals surface area contributed by atoms with E-state index >= 15 is 0 Å². The van der Waals surface area contributed by atoms with Gasteiger partial charge in [-0.1, -0.05) is 54.1 Å². The van der Waals surface area contributed by atoms with E-state index in [1.54, 1.807) is 6.08 Å². The molecule has 0 spiro atoms. The summed E-state index contributed by atoms with van der Waals surface area (Å²) in [6, 6.07) is 17.6. The van der Waals surface area contributed by atoms with Gasteiger partial charge in [0.15, 0.2) is 0 Å². The van der Waals surface area contributed by atoms with Gasteiger partial charge in [0.05, 0.1) is 12.2 Å². The summed E-state index contributed by atoms with van der Waals surface area (Å²) in [7, 11) is -3.51. The van der Waals surface area contributed by atoms with Crippen molar-refractivity contribution in [3.63, 3.8) is 0 Å². The zero-order valence-electron chi connectivity index (χ0n) is 16.4. The Hall–Kier alpha value is -2.70. The maximum atomic E-state index is 12.3. The van der Waals surface area contributed by atoms with Crippen LogP contribution in [0.4, 0.5) is 0 Å². The van der Waals surface area contributed by atoms with Crippen LogP contribution in [0.2, 0.25) is 0 Å². The molecule has 146 valence electrons. The Balaban J connectivity index is 1.63. The van der Waals surface area contributed by atoms with Crippen molar-refractivity contribution in [3.8, 4) is 0 Å². The Kier molecular flexibility index (Phi) is 6.11. The summed E-state index contributed by atoms with van der Waals surface area (Å²) < 4.78 is 29.1. The van der Waals surface area contributed by atoms with Crippen molar-refractivity contribution < 1.29 is 8.42 Å². The molecule has 6 heteroatoms. The lowest BCUT2D eigenvalue weighted by Crippen LogP contribution is -2.20. The molecule has 0 saturated heterocycles. The maximum absolute atomic E-state index is 12.3. The number of benzene rings is 2. The van der Waals surface area contributed by atoms with Crippen molar-refractivity contribution in [3.05, 3.63) is 93.6 Å². The molecule has 0 aliphatic carbocycles. The Morgan fingerprint density at radius 2 is 1.71 bits per heavy atom. The van der Waals surface area contributed by atoms with E-state index in [9.17, 15) is 8.42 Å². The van der Waals surface area contributed by atoms with E-state index in [0.29, 0.717) is 6.54 Å². The molecule has 3 aromatic rings. The van der Waals surface area contributed by atoms with E-state index in [1.165, 1.54) is 5.41 Å². The van der Waals surface area contributed by atoms with Crippen molar-refractivity contribution in [1.82, 2.24) is 14.5 Å². The van der Waals surface area contributed by atoms with Crippen molar-refractivity contribution in [2.45, 2.75) is 33.9 Å². The third-order valence-electron chi connectivity index (χ3n) is 4.42. The predicted octanol–water partition coefficient (Wildman–Crippen LogP) is 3.95. The normalized spacial score (nSPS) is 12.0. The first-order valence-electron chi connectivity index (χ1n) is 9.14. The fraction of sp³-hybridized carbons (Fsp3) is 0.227. The van der Waals surface area contributed by atoms with Gasteiger partial charge in [0.1, 0.15) is 0 Å². The van der Waals surface area contributed by atoms with Gasteiger partial charge < -0.3 is 0 Å². The maximum Gasteiger partial charge on any atom is 0.234 e. The van der Waals surface area contributed by atoms with Gasteiger partial charge in [-0.3, -0.25) is 4.68 Å². The van der Waals surface area contributed by atoms with Gasteiger partial charge in [0, 0.05) is 17.6 Å². The van der Waals surface area contributed by atoms with E-state index in [4.69, 9.17) is 0 Å². The predicted molar refractivity (Wildman–Crippen MR) is 113 cm³/mol. The second-order valence-electron chi connectivity index (χ2n) is 6.98. The van der Waals surface area contributed by atoms with E-state index in [0.717, 1.165) is 33.6 Å². The summed E-state index contributed by atoms with van der Waals surface area (Å²) in [5, 5.41) is 5.68. The first-order valence-corrected chi connectivity index (χ1v) is 10.7. The molecule has 0 saturated carbocycles. The van der Waals surface area contributed by atoms with Crippen LogP contribution in [0.3, 0.4) is 0 Å². The molecule has 1 aromatic heterocycles. The van der Waals surface area contributed by atoms with Crippen LogP contribution in [0.15, 0.2) is 60.0 Å². The molecule has 0 aliphatic rings. The monoisotopic (exact) mass is 395 g/mol. The number of nitrogens with zero attached hydrogens (tertiary/aromatic N) is 2. The summed E-state index contributed by atoms with van der Waals surface area (Å²) in [6.07, 6.45) is 1.60. The van der Waals surface area contributed by atoms with Gasteiger partial charge >= 0.3 is 0 Å². The molecule has 3 rings (SSSR count). The molecule has 1 N–H and O–H groups in total. The van der Waals surface area contributed by atoms with Gasteiger partial charge in [-0.15, -0.1) is 0 Å². The van der Waals surface area contributed by atoms with Crippen molar-refractivity contribution in [2.24, 2.45) is 0 Å². The van der Waals surface area contributed by atoms with Crippen LogP contribution in [-0.4, -0.2) is 18.2 Å². The molecule has 0 bridgehead atoms. The zero-order chi connectivity index (χ0) is 20.1. The van der Waals surface area contributed by atoms with Gasteiger partial charge in [-0.05, 0) is 49.6 Å². The lowest BCUT2D eigenvalue weighted by atomic mass is 10.1. The number of rotatable bonds is 7. The van der Waals surface area contributed by atoms with E-state index < -0.39 is 10.0 Å². The Morgan fingerprint density at radius 1 is 1.00 bits per heavy atom. The minimum atomic E-state index is -3.51. The van der Waals surface area contributed by atoms with Crippen LogP contribution in [0.25, 0.3) is 6.08 Å². The molecule has 28 heavy (non-hydrogen) atoms. The lowest BCUT2D eigenvalue weighted by molar-refractivity contribution is 0.590. The summed E-state index contributed by atoms with van der Waals surface area (Å²) in [6.45, 7) is 6.89. The molecule has 0 unspecified atom stereocenters. The van der Waals surface area contributed by atoms with E-state index in [2.05, 4.69) is 9.82 Å². The first kappa shape index (κ1) is 20.0. The largest absolute Gasteiger partial charge is 0.265 e. The van der Waals surface area contributed by atoms with Gasteiger partial charge in [-0.25, -0.2) is 13.1 Å². The molecular weight excluding hydrogens is 370 g/mol. The minimum Gasteiger partial charge on any atom is -0.265 e. The summed E-state index contributed by atoms with van der Waals surface area (Å²) in [5.74, 6) is 0. The Labute approximate surface area is 166 Å². The average Bonchev–Trinajstić information content (AvgIpc) is 2.97. The lowest BCUT2D eigenvalue weighted by Gasteiger charge is -2.08. The van der Waals surface area contributed by atoms with Crippen LogP contribution >= 0.6 is 0 Å². The molecule has 0 amide bonds. The van der Waals surface area contributed by atoms with Gasteiger partial charge in [0.25, 0.3) is 0 Å². The summed E-state index contributed by atoms with van der Waals surface area (Å²) in [5.41, 5.74) is 6.07. The Morgan fingerprint density at radius 3 is 2.39 bits per heavy atom. The number of aromatic nitrogens is 2. The summed E-state index contributed by atoms with van der Waals surface area (Å²) >= 11 is 0. The fourth-order valence-corrected chi connectivity index (χ4v) is 3.72. The molecule has 0 radical (unpaired) electrons. The first-order chi connectivity index (χ1) is 13.3. The molecule has 1 heterocycles. The molecule has 0 aliphatic heterocycles. The highest BCUT2D eigenvalue weighted by Gasteiger charge is 2.07. The van der Waals surface area contributed by atoms with Crippen molar-refractivity contribution >= 4 is 16.1 Å². The van der Waals surface area contributed by atoms with Crippen LogP contribution in [0.5, 0.6) is 0 Å². The van der Waals surface area contributed by atoms with Crippen molar-refractivity contribution in [2.75, 3.05) is 0 Å². The van der Waals surface area contributed by atoms with E-state index in [1.807, 2.05) is 80.1 Å². The highest BCUT2D eigenvalue weighted by Crippen LogP contribution is 2.11. The van der Waals surface area contributed by atoms with Crippen LogP contribution in [0, 0.1) is 20.8 Å². The quantitative estimate of drug-likeness (QED) is 0.659. The number of hydrogen-bond acceptors (Lipinski definition) is 3. The van der Waals surface area contributed by atoms with Crippen molar-refractivity contribution in [1.29, 1.82) is 0 Å². The molecule has 0 atom stereocenters. The molecule has 2 aromatic carbocycles. The van der Waals surface area contributed by atoms with Crippen LogP contribution < -0.4 is 4.72 Å². The van der Waals surface area contributed by atoms with E-state index in [-0.39, 0.29) is 6.54 Å². The molecule has 0 fully saturated rings. The van der Waals surface area contributed by atoms with Gasteiger partial charge in [-0.2, -0.15) is 5.10 Å². The molecule has 5 nitrogen and oxygen atoms in total. The second-order valence-corrected chi connectivity index (χ2v) is 8.64. The highest BCUT2D eigenvalue weighted by atomic mass is 32.2. The van der Waals surface area contributed by atoms with Gasteiger partial charge in [0.2, 0.25) is 10.0 Å². The SMILES string of the molecule is Cc1ccc(C=CS(=O)(=O)NCc2cccc(Cn3nc(C)cc3C)c2)cc1. The number of nitrogens with one attached hydrogen (secondary N) is 1. The standard InChI is InChI=1S/C22H25N3O2S/c1-17-7-9-20(10-8-17)11-12-28(26,27)23-15-21-5-4-6-22(14-21)16-25-19(3)13-18(2)24-25/h4-14,23H,15-16H2,1-3H3. The minimum absolute atomic E-state index is 0.242. The Bertz CT molecular complexity index is 1080. The van der Waals surface area contributed by atoms with Crippen LogP contribution in [-0.2, 0) is 23.1 Å².